The van der Waals surface area contributed by atoms with E-state index >= 15 is 0 Å². The third-order valence-corrected chi connectivity index (χ3v) is 4.63. The molecule has 3 heteroatoms. The maximum atomic E-state index is 3.37. The summed E-state index contributed by atoms with van der Waals surface area (Å²) in [5.41, 5.74) is 2.90. The fourth-order valence-corrected chi connectivity index (χ4v) is 3.36. The van der Waals surface area contributed by atoms with E-state index in [9.17, 15) is 0 Å². The molecule has 0 aliphatic carbocycles. The minimum absolute atomic E-state index is 1.06. The first kappa shape index (κ1) is 14.9. The van der Waals surface area contributed by atoms with E-state index in [2.05, 4.69) is 53.2 Å². The molecule has 1 fully saturated rings. The quantitative estimate of drug-likeness (QED) is 0.806. The van der Waals surface area contributed by atoms with Crippen LogP contribution in [0.15, 0.2) is 24.3 Å². The molecule has 2 nitrogen and oxygen atoms in total. The fourth-order valence-electron chi connectivity index (χ4n) is 2.43. The molecular formula is C16H26N2S. The molecule has 0 aromatic heterocycles. The van der Waals surface area contributed by atoms with Gasteiger partial charge >= 0.3 is 0 Å². The van der Waals surface area contributed by atoms with Crippen LogP contribution in [0.1, 0.15) is 24.5 Å². The highest BCUT2D eigenvalue weighted by Crippen LogP contribution is 2.13. The Bertz CT molecular complexity index is 342. The lowest BCUT2D eigenvalue weighted by atomic mass is 10.1. The first-order valence-corrected chi connectivity index (χ1v) is 8.62. The van der Waals surface area contributed by atoms with Crippen molar-refractivity contribution in [2.75, 3.05) is 37.7 Å². The number of rotatable bonds is 6. The van der Waals surface area contributed by atoms with E-state index in [1.54, 1.807) is 0 Å². The summed E-state index contributed by atoms with van der Waals surface area (Å²) < 4.78 is 0. The number of nitrogens with one attached hydrogen (secondary N) is 1. The summed E-state index contributed by atoms with van der Waals surface area (Å²) in [6.07, 6.45) is 2.47. The van der Waals surface area contributed by atoms with Crippen LogP contribution in [0, 0.1) is 0 Å². The van der Waals surface area contributed by atoms with Crippen LogP contribution in [-0.4, -0.2) is 42.6 Å². The van der Waals surface area contributed by atoms with E-state index in [0.29, 0.717) is 0 Å². The second kappa shape index (κ2) is 8.62. The summed E-state index contributed by atoms with van der Waals surface area (Å²) in [6, 6.07) is 9.19. The van der Waals surface area contributed by atoms with Gasteiger partial charge in [0.25, 0.3) is 0 Å². The first-order chi connectivity index (χ1) is 9.38. The van der Waals surface area contributed by atoms with Crippen molar-refractivity contribution in [3.8, 4) is 0 Å². The Morgan fingerprint density at radius 3 is 2.68 bits per heavy atom. The van der Waals surface area contributed by atoms with Gasteiger partial charge in [-0.1, -0.05) is 31.2 Å². The lowest BCUT2D eigenvalue weighted by Crippen LogP contribution is -2.25. The van der Waals surface area contributed by atoms with Gasteiger partial charge in [-0.2, -0.15) is 11.8 Å². The molecule has 1 saturated heterocycles. The Kier molecular flexibility index (Phi) is 6.75. The number of likely N-dealkylation sites (N-methyl/N-ethyl adjacent to an activating group) is 1. The van der Waals surface area contributed by atoms with Gasteiger partial charge in [0.2, 0.25) is 0 Å². The van der Waals surface area contributed by atoms with Gasteiger partial charge in [-0.25, -0.2) is 0 Å². The van der Waals surface area contributed by atoms with E-state index in [-0.39, 0.29) is 0 Å². The molecule has 1 aliphatic rings. The van der Waals surface area contributed by atoms with E-state index in [0.717, 1.165) is 26.1 Å². The van der Waals surface area contributed by atoms with Gasteiger partial charge in [0.1, 0.15) is 0 Å². The Morgan fingerprint density at radius 1 is 1.11 bits per heavy atom. The summed E-state index contributed by atoms with van der Waals surface area (Å²) in [6.45, 7) is 7.92. The van der Waals surface area contributed by atoms with Crippen molar-refractivity contribution in [3.63, 3.8) is 0 Å². The fraction of sp³-hybridized carbons (Fsp3) is 0.625. The van der Waals surface area contributed by atoms with E-state index in [4.69, 9.17) is 0 Å². The summed E-state index contributed by atoms with van der Waals surface area (Å²) in [4.78, 5) is 2.59. The smallest absolute Gasteiger partial charge is 0.0234 e. The molecule has 1 aliphatic heterocycles. The zero-order valence-corrected chi connectivity index (χ0v) is 12.8. The highest BCUT2D eigenvalue weighted by molar-refractivity contribution is 7.99. The third-order valence-electron chi connectivity index (χ3n) is 3.58. The molecule has 0 radical (unpaired) electrons. The molecule has 1 N–H and O–H groups in total. The van der Waals surface area contributed by atoms with E-state index in [1.807, 2.05) is 0 Å². The number of hydrogen-bond acceptors (Lipinski definition) is 3. The monoisotopic (exact) mass is 278 g/mol. The van der Waals surface area contributed by atoms with Crippen LogP contribution in [0.5, 0.6) is 0 Å². The Labute approximate surface area is 122 Å². The van der Waals surface area contributed by atoms with Gasteiger partial charge in [0.05, 0.1) is 0 Å². The van der Waals surface area contributed by atoms with Crippen LogP contribution in [0.4, 0.5) is 0 Å². The number of nitrogens with zero attached hydrogens (tertiary/aromatic N) is 1. The standard InChI is InChI=1S/C16H26N2S/c1-2-17-9-8-15-4-6-16(7-5-15)14-18-10-3-12-19-13-11-18/h4-7,17H,2-3,8-14H2,1H3. The van der Waals surface area contributed by atoms with Crippen molar-refractivity contribution >= 4 is 11.8 Å². The van der Waals surface area contributed by atoms with Gasteiger partial charge in [-0.3, -0.25) is 4.90 Å². The number of benzene rings is 1. The third kappa shape index (κ3) is 5.55. The van der Waals surface area contributed by atoms with Crippen molar-refractivity contribution in [1.82, 2.24) is 10.2 Å². The summed E-state index contributed by atoms with van der Waals surface area (Å²) >= 11 is 2.10. The Morgan fingerprint density at radius 2 is 1.89 bits per heavy atom. The predicted octanol–water partition coefficient (Wildman–Crippen LogP) is 2.78. The number of hydrogen-bond donors (Lipinski definition) is 1. The molecular weight excluding hydrogens is 252 g/mol. The van der Waals surface area contributed by atoms with E-state index < -0.39 is 0 Å². The highest BCUT2D eigenvalue weighted by atomic mass is 32.2. The zero-order chi connectivity index (χ0) is 13.3. The van der Waals surface area contributed by atoms with Crippen LogP contribution in [0.2, 0.25) is 0 Å². The van der Waals surface area contributed by atoms with Crippen LogP contribution >= 0.6 is 11.8 Å². The molecule has 0 bridgehead atoms. The summed E-state index contributed by atoms with van der Waals surface area (Å²) in [7, 11) is 0. The van der Waals surface area contributed by atoms with Crippen molar-refractivity contribution in [1.29, 1.82) is 0 Å². The molecule has 19 heavy (non-hydrogen) atoms. The topological polar surface area (TPSA) is 15.3 Å². The van der Waals surface area contributed by atoms with Crippen molar-refractivity contribution < 1.29 is 0 Å². The Balaban J connectivity index is 1.80. The van der Waals surface area contributed by atoms with Crippen molar-refractivity contribution in [3.05, 3.63) is 35.4 Å². The van der Waals surface area contributed by atoms with E-state index in [1.165, 1.54) is 42.1 Å². The SMILES string of the molecule is CCNCCc1ccc(CN2CCCSCC2)cc1. The van der Waals surface area contributed by atoms with Crippen LogP contribution in [-0.2, 0) is 13.0 Å². The second-order valence-electron chi connectivity index (χ2n) is 5.16. The lowest BCUT2D eigenvalue weighted by Gasteiger charge is -2.19. The van der Waals surface area contributed by atoms with Crippen molar-refractivity contribution in [2.24, 2.45) is 0 Å². The van der Waals surface area contributed by atoms with Crippen LogP contribution in [0.3, 0.4) is 0 Å². The second-order valence-corrected chi connectivity index (χ2v) is 6.39. The predicted molar refractivity (Wildman–Crippen MR) is 85.9 cm³/mol. The maximum Gasteiger partial charge on any atom is 0.0234 e. The van der Waals surface area contributed by atoms with Gasteiger partial charge in [0, 0.05) is 18.8 Å². The average molecular weight is 278 g/mol. The van der Waals surface area contributed by atoms with Crippen LogP contribution < -0.4 is 5.32 Å². The van der Waals surface area contributed by atoms with Gasteiger partial charge in [-0.15, -0.1) is 0 Å². The van der Waals surface area contributed by atoms with Gasteiger partial charge in [-0.05, 0) is 49.4 Å². The molecule has 2 rings (SSSR count). The molecule has 0 amide bonds. The molecule has 1 heterocycles. The normalized spacial score (nSPS) is 17.3. The minimum Gasteiger partial charge on any atom is -0.317 e. The van der Waals surface area contributed by atoms with Gasteiger partial charge < -0.3 is 5.32 Å². The Hall–Kier alpha value is -0.510. The van der Waals surface area contributed by atoms with Crippen LogP contribution in [0.25, 0.3) is 0 Å². The molecule has 106 valence electrons. The molecule has 0 saturated carbocycles. The molecule has 1 aromatic rings. The lowest BCUT2D eigenvalue weighted by molar-refractivity contribution is 0.287. The van der Waals surface area contributed by atoms with Crippen molar-refractivity contribution in [2.45, 2.75) is 26.3 Å². The molecule has 0 atom stereocenters. The summed E-state index contributed by atoms with van der Waals surface area (Å²) in [5.74, 6) is 2.63. The summed E-state index contributed by atoms with van der Waals surface area (Å²) in [5, 5.41) is 3.37. The maximum absolute atomic E-state index is 3.37. The largest absolute Gasteiger partial charge is 0.317 e. The molecule has 0 spiro atoms. The first-order valence-electron chi connectivity index (χ1n) is 7.47. The minimum atomic E-state index is 1.06. The average Bonchev–Trinajstić information content (AvgIpc) is 2.70. The number of thioether (sulfide) groups is 1. The molecule has 0 unspecified atom stereocenters. The van der Waals surface area contributed by atoms with Gasteiger partial charge in [0.15, 0.2) is 0 Å². The molecule has 1 aromatic carbocycles. The zero-order valence-electron chi connectivity index (χ0n) is 12.0. The highest BCUT2D eigenvalue weighted by Gasteiger charge is 2.09.